The zero-order valence-electron chi connectivity index (χ0n) is 18.8. The summed E-state index contributed by atoms with van der Waals surface area (Å²) in [5.74, 6) is -3.18. The molecule has 1 unspecified atom stereocenters. The van der Waals surface area contributed by atoms with Gasteiger partial charge in [-0.3, -0.25) is 4.79 Å². The van der Waals surface area contributed by atoms with Crippen LogP contribution < -0.4 is 14.9 Å². The van der Waals surface area contributed by atoms with Crippen molar-refractivity contribution in [2.75, 3.05) is 6.61 Å². The molecule has 0 spiro atoms. The van der Waals surface area contributed by atoms with Gasteiger partial charge >= 0.3 is 12.1 Å². The number of fused-ring (bicyclic) bond motifs is 1. The van der Waals surface area contributed by atoms with Crippen molar-refractivity contribution < 1.29 is 36.6 Å². The number of ether oxygens (including phenoxy) is 3. The highest BCUT2D eigenvalue weighted by molar-refractivity contribution is 6.32. The topological polar surface area (TPSA) is 75.0 Å². The van der Waals surface area contributed by atoms with Gasteiger partial charge in [-0.2, -0.15) is 13.2 Å². The van der Waals surface area contributed by atoms with E-state index >= 15 is 0 Å². The van der Waals surface area contributed by atoms with Crippen molar-refractivity contribution in [3.05, 3.63) is 62.5 Å². The molecule has 0 fully saturated rings. The predicted molar refractivity (Wildman–Crippen MR) is 120 cm³/mol. The Labute approximate surface area is 198 Å². The second-order valence-corrected chi connectivity index (χ2v) is 8.09. The highest BCUT2D eigenvalue weighted by Gasteiger charge is 2.40. The molecule has 0 aliphatic rings. The van der Waals surface area contributed by atoms with E-state index in [4.69, 9.17) is 30.2 Å². The fraction of sp³-hybridized carbons (Fsp3) is 0.333. The van der Waals surface area contributed by atoms with Gasteiger partial charge in [0.25, 0.3) is 5.76 Å². The molecule has 1 heterocycles. The molecule has 0 amide bonds. The number of halogens is 4. The van der Waals surface area contributed by atoms with Crippen molar-refractivity contribution in [3.63, 3.8) is 0 Å². The number of alkyl halides is 3. The van der Waals surface area contributed by atoms with Gasteiger partial charge < -0.3 is 18.6 Å². The van der Waals surface area contributed by atoms with Crippen LogP contribution in [0.3, 0.4) is 0 Å². The molecule has 3 aromatic rings. The Morgan fingerprint density at radius 3 is 2.35 bits per heavy atom. The molecule has 182 valence electrons. The molecule has 1 atom stereocenters. The number of hydrogen-bond acceptors (Lipinski definition) is 6. The van der Waals surface area contributed by atoms with Gasteiger partial charge in [-0.1, -0.05) is 18.5 Å². The molecular formula is C24H22ClF3O6. The lowest BCUT2D eigenvalue weighted by molar-refractivity contribution is -0.154. The quantitative estimate of drug-likeness (QED) is 0.342. The van der Waals surface area contributed by atoms with Crippen LogP contribution >= 0.6 is 11.6 Å². The third-order valence-corrected chi connectivity index (χ3v) is 5.57. The first-order valence-corrected chi connectivity index (χ1v) is 10.7. The van der Waals surface area contributed by atoms with Crippen LogP contribution in [0.15, 0.2) is 39.5 Å². The molecule has 0 N–H and O–H groups in total. The van der Waals surface area contributed by atoms with E-state index in [1.165, 1.54) is 24.3 Å². The van der Waals surface area contributed by atoms with Crippen molar-refractivity contribution in [3.8, 4) is 17.2 Å². The number of rotatable bonds is 7. The molecule has 3 rings (SSSR count). The predicted octanol–water partition coefficient (Wildman–Crippen LogP) is 6.59. The van der Waals surface area contributed by atoms with E-state index < -0.39 is 35.7 Å². The smallest absolute Gasteiger partial charge is 0.453 e. The van der Waals surface area contributed by atoms with Crippen molar-refractivity contribution >= 4 is 28.5 Å². The van der Waals surface area contributed by atoms with Gasteiger partial charge in [-0.05, 0) is 62.6 Å². The van der Waals surface area contributed by atoms with Crippen molar-refractivity contribution in [2.24, 2.45) is 0 Å². The monoisotopic (exact) mass is 498 g/mol. The Morgan fingerprint density at radius 2 is 1.76 bits per heavy atom. The summed E-state index contributed by atoms with van der Waals surface area (Å²) in [7, 11) is 0. The van der Waals surface area contributed by atoms with Crippen molar-refractivity contribution in [2.45, 2.75) is 46.4 Å². The summed E-state index contributed by atoms with van der Waals surface area (Å²) >= 11 is 6.10. The van der Waals surface area contributed by atoms with Gasteiger partial charge in [0.05, 0.1) is 11.5 Å². The summed E-state index contributed by atoms with van der Waals surface area (Å²) in [5, 5.41) is 0.287. The Balaban J connectivity index is 1.99. The molecule has 10 heteroatoms. The average Bonchev–Trinajstić information content (AvgIpc) is 2.76. The zero-order valence-corrected chi connectivity index (χ0v) is 19.6. The highest BCUT2D eigenvalue weighted by atomic mass is 35.5. The van der Waals surface area contributed by atoms with Crippen LogP contribution in [0.1, 0.15) is 37.2 Å². The Kier molecular flexibility index (Phi) is 7.45. The number of benzene rings is 2. The number of carbonyl (C=O) groups excluding carboxylic acids is 1. The maximum atomic E-state index is 13.8. The fourth-order valence-corrected chi connectivity index (χ4v) is 3.20. The van der Waals surface area contributed by atoms with Crippen LogP contribution in [0.4, 0.5) is 13.2 Å². The third kappa shape index (κ3) is 5.64. The molecule has 34 heavy (non-hydrogen) atoms. The minimum absolute atomic E-state index is 0.0105. The summed E-state index contributed by atoms with van der Waals surface area (Å²) in [6, 6.07) is 6.53. The summed E-state index contributed by atoms with van der Waals surface area (Å²) < 4.78 is 62.1. The van der Waals surface area contributed by atoms with Crippen LogP contribution in [-0.4, -0.2) is 18.7 Å². The van der Waals surface area contributed by atoms with E-state index in [1.807, 2.05) is 6.92 Å². The van der Waals surface area contributed by atoms with E-state index in [9.17, 15) is 22.8 Å². The molecule has 0 saturated heterocycles. The maximum Gasteiger partial charge on any atom is 0.453 e. The highest BCUT2D eigenvalue weighted by Crippen LogP contribution is 2.39. The van der Waals surface area contributed by atoms with Gasteiger partial charge in [0.15, 0.2) is 6.61 Å². The van der Waals surface area contributed by atoms with Gasteiger partial charge in [0.2, 0.25) is 11.2 Å². The Morgan fingerprint density at radius 1 is 1.12 bits per heavy atom. The van der Waals surface area contributed by atoms with E-state index in [1.54, 1.807) is 20.8 Å². The standard InChI is InChI=1S/C24H22ClF3O6/c1-5-14(4)32-19(29)11-31-15-6-7-17-18(10-15)34-23(24(26,27)28)22(21(17)30)33-16-8-12(2)20(25)13(3)9-16/h6-10,14H,5,11H2,1-4H3. The number of esters is 1. The molecule has 0 bridgehead atoms. The third-order valence-electron chi connectivity index (χ3n) is 4.97. The van der Waals surface area contributed by atoms with E-state index in [0.717, 1.165) is 6.07 Å². The van der Waals surface area contributed by atoms with Gasteiger partial charge in [-0.25, -0.2) is 4.79 Å². The zero-order chi connectivity index (χ0) is 25.2. The number of hydrogen-bond donors (Lipinski definition) is 0. The lowest BCUT2D eigenvalue weighted by Crippen LogP contribution is -2.20. The molecule has 0 aliphatic heterocycles. The first-order chi connectivity index (χ1) is 15.9. The lowest BCUT2D eigenvalue weighted by Gasteiger charge is -2.15. The van der Waals surface area contributed by atoms with Gasteiger partial charge in [0.1, 0.15) is 17.1 Å². The van der Waals surface area contributed by atoms with Crippen molar-refractivity contribution in [1.29, 1.82) is 0 Å². The average molecular weight is 499 g/mol. The van der Waals surface area contributed by atoms with Gasteiger partial charge in [-0.15, -0.1) is 0 Å². The number of aryl methyl sites for hydroxylation is 2. The van der Waals surface area contributed by atoms with Crippen LogP contribution in [-0.2, 0) is 15.7 Å². The molecule has 1 aromatic heterocycles. The van der Waals surface area contributed by atoms with Crippen LogP contribution in [0.5, 0.6) is 17.2 Å². The van der Waals surface area contributed by atoms with E-state index in [-0.39, 0.29) is 28.6 Å². The SMILES string of the molecule is CCC(C)OC(=O)COc1ccc2c(=O)c(Oc3cc(C)c(Cl)c(C)c3)c(C(F)(F)F)oc2c1. The van der Waals surface area contributed by atoms with E-state index in [0.29, 0.717) is 22.6 Å². The Hall–Kier alpha value is -3.20. The molecule has 6 nitrogen and oxygen atoms in total. The Bertz CT molecular complexity index is 1260. The second-order valence-electron chi connectivity index (χ2n) is 7.72. The number of carbonyl (C=O) groups is 1. The first-order valence-electron chi connectivity index (χ1n) is 10.4. The fourth-order valence-electron chi connectivity index (χ4n) is 3.09. The molecule has 0 aliphatic carbocycles. The summed E-state index contributed by atoms with van der Waals surface area (Å²) in [5.41, 5.74) is -0.240. The minimum atomic E-state index is -5.02. The second kappa shape index (κ2) is 9.97. The molecule has 2 aromatic carbocycles. The van der Waals surface area contributed by atoms with E-state index in [2.05, 4.69) is 0 Å². The normalized spacial score (nSPS) is 12.5. The molecule has 0 saturated carbocycles. The van der Waals surface area contributed by atoms with Crippen molar-refractivity contribution in [1.82, 2.24) is 0 Å². The minimum Gasteiger partial charge on any atom is -0.482 e. The van der Waals surface area contributed by atoms with Gasteiger partial charge in [0, 0.05) is 11.1 Å². The lowest BCUT2D eigenvalue weighted by atomic mass is 10.1. The van der Waals surface area contributed by atoms with Crippen LogP contribution in [0.2, 0.25) is 5.02 Å². The summed E-state index contributed by atoms with van der Waals surface area (Å²) in [6.45, 7) is 6.43. The molecule has 0 radical (unpaired) electrons. The summed E-state index contributed by atoms with van der Waals surface area (Å²) in [6.07, 6.45) is -4.70. The molecular weight excluding hydrogens is 477 g/mol. The van der Waals surface area contributed by atoms with Crippen LogP contribution in [0.25, 0.3) is 11.0 Å². The maximum absolute atomic E-state index is 13.8. The largest absolute Gasteiger partial charge is 0.482 e. The van der Waals surface area contributed by atoms with Crippen LogP contribution in [0, 0.1) is 13.8 Å². The summed E-state index contributed by atoms with van der Waals surface area (Å²) in [4.78, 5) is 24.7. The first kappa shape index (κ1) is 25.4.